The number of thioether (sulfide) groups is 1. The number of carbonyl (C=O) groups is 2. The Bertz CT molecular complexity index is 538. The summed E-state index contributed by atoms with van der Waals surface area (Å²) in [6, 6.07) is 0.115. The molecule has 5 nitrogen and oxygen atoms in total. The normalized spacial score (nSPS) is 24.6. The summed E-state index contributed by atoms with van der Waals surface area (Å²) in [7, 11) is 0. The Morgan fingerprint density at radius 2 is 1.95 bits per heavy atom. The van der Waals surface area contributed by atoms with Crippen LogP contribution in [0.1, 0.15) is 44.9 Å². The first-order chi connectivity index (χ1) is 10.1. The van der Waals surface area contributed by atoms with Gasteiger partial charge in [0.15, 0.2) is 5.13 Å². The van der Waals surface area contributed by atoms with Gasteiger partial charge in [-0.3, -0.25) is 14.5 Å². The summed E-state index contributed by atoms with van der Waals surface area (Å²) in [4.78, 5) is 30.4. The quantitative estimate of drug-likeness (QED) is 0.683. The van der Waals surface area contributed by atoms with Crippen LogP contribution in [-0.2, 0) is 9.59 Å². The molecule has 1 aromatic rings. The number of amides is 2. The van der Waals surface area contributed by atoms with Crippen molar-refractivity contribution in [2.45, 2.75) is 60.4 Å². The van der Waals surface area contributed by atoms with Crippen molar-refractivity contribution < 1.29 is 9.59 Å². The standard InChI is InChI=1S/C14H19N3O2S2/c15-14-16-8-12(21-14)20-10-7-11(18)17(13(10)19)9-5-3-1-2-4-6-9/h8-10H,1-7H2,(H2,15,16). The number of hydrogen-bond acceptors (Lipinski definition) is 6. The number of nitrogens with zero attached hydrogens (tertiary/aromatic N) is 2. The van der Waals surface area contributed by atoms with Crippen molar-refractivity contribution in [1.82, 2.24) is 9.88 Å². The third kappa shape index (κ3) is 3.23. The van der Waals surface area contributed by atoms with Gasteiger partial charge in [0.25, 0.3) is 0 Å². The number of nitrogen functional groups attached to an aromatic ring is 1. The summed E-state index contributed by atoms with van der Waals surface area (Å²) in [6.45, 7) is 0. The number of carbonyl (C=O) groups excluding carboxylic acids is 2. The van der Waals surface area contributed by atoms with E-state index in [-0.39, 0.29) is 23.1 Å². The minimum atomic E-state index is -0.305. The maximum atomic E-state index is 12.6. The van der Waals surface area contributed by atoms with Gasteiger partial charge in [0, 0.05) is 12.5 Å². The van der Waals surface area contributed by atoms with Crippen molar-refractivity contribution in [1.29, 1.82) is 0 Å². The molecule has 3 rings (SSSR count). The van der Waals surface area contributed by atoms with Crippen LogP contribution in [0.4, 0.5) is 5.13 Å². The molecule has 0 spiro atoms. The van der Waals surface area contributed by atoms with Crippen LogP contribution in [0, 0.1) is 0 Å². The lowest BCUT2D eigenvalue weighted by Crippen LogP contribution is -2.40. The lowest BCUT2D eigenvalue weighted by Gasteiger charge is -2.25. The number of hydrogen-bond donors (Lipinski definition) is 1. The summed E-state index contributed by atoms with van der Waals surface area (Å²) in [5.41, 5.74) is 5.61. The van der Waals surface area contributed by atoms with E-state index in [0.717, 1.165) is 29.9 Å². The molecule has 1 saturated carbocycles. The van der Waals surface area contributed by atoms with Crippen molar-refractivity contribution >= 4 is 40.0 Å². The largest absolute Gasteiger partial charge is 0.375 e. The fraction of sp³-hybridized carbons (Fsp3) is 0.643. The topological polar surface area (TPSA) is 76.3 Å². The monoisotopic (exact) mass is 325 g/mol. The van der Waals surface area contributed by atoms with Gasteiger partial charge in [-0.1, -0.05) is 48.8 Å². The van der Waals surface area contributed by atoms with Crippen LogP contribution in [0.2, 0.25) is 0 Å². The highest BCUT2D eigenvalue weighted by molar-refractivity contribution is 8.02. The fourth-order valence-electron chi connectivity index (χ4n) is 3.08. The Morgan fingerprint density at radius 1 is 1.24 bits per heavy atom. The minimum Gasteiger partial charge on any atom is -0.375 e. The van der Waals surface area contributed by atoms with Gasteiger partial charge >= 0.3 is 0 Å². The molecule has 2 heterocycles. The van der Waals surface area contributed by atoms with E-state index in [1.807, 2.05) is 0 Å². The molecule has 1 aliphatic heterocycles. The van der Waals surface area contributed by atoms with E-state index in [4.69, 9.17) is 5.73 Å². The molecule has 7 heteroatoms. The van der Waals surface area contributed by atoms with Crippen LogP contribution in [0.5, 0.6) is 0 Å². The molecule has 0 bridgehead atoms. The zero-order valence-electron chi connectivity index (χ0n) is 11.8. The zero-order chi connectivity index (χ0) is 14.8. The van der Waals surface area contributed by atoms with E-state index in [1.165, 1.54) is 35.9 Å². The Hall–Kier alpha value is -1.08. The second kappa shape index (κ2) is 6.36. The zero-order valence-corrected chi connectivity index (χ0v) is 13.4. The molecule has 2 amide bonds. The Morgan fingerprint density at radius 3 is 2.57 bits per heavy atom. The number of nitrogens with two attached hydrogens (primary N) is 1. The highest BCUT2D eigenvalue weighted by Crippen LogP contribution is 2.37. The number of likely N-dealkylation sites (tertiary alicyclic amines) is 1. The van der Waals surface area contributed by atoms with Crippen molar-refractivity contribution in [3.8, 4) is 0 Å². The number of thiazole rings is 1. The number of imide groups is 1. The second-order valence-corrected chi connectivity index (χ2v) is 8.14. The lowest BCUT2D eigenvalue weighted by molar-refractivity contribution is -0.141. The van der Waals surface area contributed by atoms with Crippen LogP contribution in [0.15, 0.2) is 10.4 Å². The van der Waals surface area contributed by atoms with Gasteiger partial charge in [0.1, 0.15) is 0 Å². The average molecular weight is 325 g/mol. The van der Waals surface area contributed by atoms with Crippen molar-refractivity contribution in [2.24, 2.45) is 0 Å². The molecule has 1 atom stereocenters. The second-order valence-electron chi connectivity index (χ2n) is 5.58. The number of aromatic nitrogens is 1. The van der Waals surface area contributed by atoms with Crippen LogP contribution in [0.3, 0.4) is 0 Å². The molecule has 2 fully saturated rings. The molecule has 2 N–H and O–H groups in total. The molecule has 1 aliphatic carbocycles. The van der Waals surface area contributed by atoms with Crippen molar-refractivity contribution in [3.63, 3.8) is 0 Å². The van der Waals surface area contributed by atoms with Crippen LogP contribution >= 0.6 is 23.1 Å². The van der Waals surface area contributed by atoms with Crippen LogP contribution in [0.25, 0.3) is 0 Å². The molecule has 0 aromatic carbocycles. The summed E-state index contributed by atoms with van der Waals surface area (Å²) >= 11 is 2.79. The molecule has 2 aliphatic rings. The Labute approximate surface area is 132 Å². The van der Waals surface area contributed by atoms with E-state index >= 15 is 0 Å². The summed E-state index contributed by atoms with van der Waals surface area (Å²) in [6.07, 6.45) is 8.56. The Balaban J connectivity index is 1.69. The molecule has 1 unspecified atom stereocenters. The third-order valence-electron chi connectivity index (χ3n) is 4.09. The van der Waals surface area contributed by atoms with E-state index in [1.54, 1.807) is 11.1 Å². The fourth-order valence-corrected chi connectivity index (χ4v) is 5.13. The minimum absolute atomic E-state index is 0.0121. The molecular formula is C14H19N3O2S2. The van der Waals surface area contributed by atoms with Gasteiger partial charge in [0.2, 0.25) is 11.8 Å². The first-order valence-electron chi connectivity index (χ1n) is 7.39. The van der Waals surface area contributed by atoms with Gasteiger partial charge in [-0.15, -0.1) is 0 Å². The van der Waals surface area contributed by atoms with Crippen LogP contribution in [-0.4, -0.2) is 33.0 Å². The third-order valence-corrected chi connectivity index (χ3v) is 6.24. The first-order valence-corrected chi connectivity index (χ1v) is 9.08. The average Bonchev–Trinajstić information content (AvgIpc) is 2.84. The predicted molar refractivity (Wildman–Crippen MR) is 84.1 cm³/mol. The van der Waals surface area contributed by atoms with E-state index in [0.29, 0.717) is 11.6 Å². The molecule has 0 radical (unpaired) electrons. The first kappa shape index (κ1) is 14.8. The molecule has 1 aromatic heterocycles. The van der Waals surface area contributed by atoms with Gasteiger partial charge in [-0.25, -0.2) is 4.98 Å². The van der Waals surface area contributed by atoms with Crippen molar-refractivity contribution in [3.05, 3.63) is 6.20 Å². The molecular weight excluding hydrogens is 306 g/mol. The molecule has 114 valence electrons. The molecule has 21 heavy (non-hydrogen) atoms. The number of anilines is 1. The Kier molecular flexibility index (Phi) is 4.49. The SMILES string of the molecule is Nc1ncc(SC2CC(=O)N(C3CCCCCC3)C2=O)s1. The lowest BCUT2D eigenvalue weighted by atomic mass is 10.1. The smallest absolute Gasteiger partial charge is 0.243 e. The van der Waals surface area contributed by atoms with E-state index in [9.17, 15) is 9.59 Å². The van der Waals surface area contributed by atoms with E-state index < -0.39 is 0 Å². The highest BCUT2D eigenvalue weighted by Gasteiger charge is 2.42. The summed E-state index contributed by atoms with van der Waals surface area (Å²) in [5.74, 6) is -0.0363. The van der Waals surface area contributed by atoms with Gasteiger partial charge < -0.3 is 5.73 Å². The highest BCUT2D eigenvalue weighted by atomic mass is 32.2. The summed E-state index contributed by atoms with van der Waals surface area (Å²) < 4.78 is 0.904. The number of rotatable bonds is 3. The maximum Gasteiger partial charge on any atom is 0.243 e. The van der Waals surface area contributed by atoms with Gasteiger partial charge in [-0.05, 0) is 12.8 Å². The van der Waals surface area contributed by atoms with E-state index in [2.05, 4.69) is 4.98 Å². The molecule has 1 saturated heterocycles. The maximum absolute atomic E-state index is 12.6. The summed E-state index contributed by atoms with van der Waals surface area (Å²) in [5, 5.41) is 0.190. The van der Waals surface area contributed by atoms with Crippen molar-refractivity contribution in [2.75, 3.05) is 5.73 Å². The predicted octanol–water partition coefficient (Wildman–Crippen LogP) is 2.67. The van der Waals surface area contributed by atoms with Crippen LogP contribution < -0.4 is 5.73 Å². The van der Waals surface area contributed by atoms with Gasteiger partial charge in [0.05, 0.1) is 15.7 Å². The van der Waals surface area contributed by atoms with Gasteiger partial charge in [-0.2, -0.15) is 0 Å².